The van der Waals surface area contributed by atoms with Gasteiger partial charge in [0.05, 0.1) is 23.3 Å². The Labute approximate surface area is 300 Å². The summed E-state index contributed by atoms with van der Waals surface area (Å²) in [5, 5.41) is 0. The summed E-state index contributed by atoms with van der Waals surface area (Å²) in [6, 6.07) is 54.7. The van der Waals surface area contributed by atoms with E-state index in [-0.39, 0.29) is 6.10 Å². The molecule has 0 amide bonds. The van der Waals surface area contributed by atoms with Crippen molar-refractivity contribution in [2.24, 2.45) is 0 Å². The largest absolute Gasteiger partial charge is 0.486 e. The molecule has 3 heteroatoms. The molecule has 0 N–H and O–H groups in total. The van der Waals surface area contributed by atoms with Crippen LogP contribution in [0.15, 0.2) is 164 Å². The van der Waals surface area contributed by atoms with Gasteiger partial charge in [-0.25, -0.2) is 4.98 Å². The molecule has 244 valence electrons. The summed E-state index contributed by atoms with van der Waals surface area (Å²) in [5.41, 5.74) is 14.7. The second kappa shape index (κ2) is 14.2. The average Bonchev–Trinajstić information content (AvgIpc) is 3.27. The molecule has 0 spiro atoms. The van der Waals surface area contributed by atoms with E-state index in [4.69, 9.17) is 14.7 Å². The van der Waals surface area contributed by atoms with Crippen molar-refractivity contribution in [3.05, 3.63) is 193 Å². The van der Waals surface area contributed by atoms with E-state index in [2.05, 4.69) is 153 Å². The molecule has 0 bridgehead atoms. The molecule has 3 nitrogen and oxygen atoms in total. The maximum absolute atomic E-state index is 6.19. The topological polar surface area (TPSA) is 35.0 Å². The number of benzene rings is 5. The Morgan fingerprint density at radius 1 is 0.667 bits per heavy atom. The molecule has 0 unspecified atom stereocenters. The maximum Gasteiger partial charge on any atom is 0.123 e. The first-order chi connectivity index (χ1) is 25.1. The number of hydrogen-bond acceptors (Lipinski definition) is 3. The van der Waals surface area contributed by atoms with E-state index in [1.807, 2.05) is 36.5 Å². The van der Waals surface area contributed by atoms with Crippen LogP contribution in [0.25, 0.3) is 61.6 Å². The number of aromatic nitrogens is 2. The highest BCUT2D eigenvalue weighted by atomic mass is 16.5. The summed E-state index contributed by atoms with van der Waals surface area (Å²) in [7, 11) is 0. The molecule has 0 saturated carbocycles. The lowest BCUT2D eigenvalue weighted by Crippen LogP contribution is -2.08. The van der Waals surface area contributed by atoms with Gasteiger partial charge < -0.3 is 4.74 Å². The van der Waals surface area contributed by atoms with Crippen molar-refractivity contribution in [2.75, 3.05) is 0 Å². The van der Waals surface area contributed by atoms with Gasteiger partial charge in [0.1, 0.15) is 11.9 Å². The number of allylic oxidation sites excluding steroid dienone is 3. The van der Waals surface area contributed by atoms with Gasteiger partial charge >= 0.3 is 0 Å². The van der Waals surface area contributed by atoms with Crippen molar-refractivity contribution < 1.29 is 4.74 Å². The van der Waals surface area contributed by atoms with Crippen molar-refractivity contribution in [1.29, 1.82) is 0 Å². The fourth-order valence-corrected chi connectivity index (χ4v) is 6.60. The molecule has 51 heavy (non-hydrogen) atoms. The molecule has 6 aromatic carbocycles. The van der Waals surface area contributed by atoms with Gasteiger partial charge in [0, 0.05) is 22.3 Å². The van der Waals surface area contributed by atoms with Crippen LogP contribution in [-0.2, 0) is 6.42 Å². The van der Waals surface area contributed by atoms with Crippen LogP contribution >= 0.6 is 0 Å². The highest BCUT2D eigenvalue weighted by Gasteiger charge is 2.17. The number of para-hydroxylation sites is 1. The van der Waals surface area contributed by atoms with Gasteiger partial charge in [0.15, 0.2) is 0 Å². The Hall–Kier alpha value is -6.50. The van der Waals surface area contributed by atoms with Crippen LogP contribution in [0.4, 0.5) is 0 Å². The Bertz CT molecular complexity index is 2360. The number of hydrogen-bond donors (Lipinski definition) is 0. The number of ether oxygens (including phenoxy) is 1. The van der Waals surface area contributed by atoms with Gasteiger partial charge in [-0.05, 0) is 83.5 Å². The van der Waals surface area contributed by atoms with Crippen LogP contribution in [0, 0.1) is 19.1 Å². The fraction of sp³-hybridized carbons (Fsp3) is 0.0833. The monoisotopic (exact) mass is 656 g/mol. The first kappa shape index (κ1) is 31.7. The van der Waals surface area contributed by atoms with Gasteiger partial charge in [-0.3, -0.25) is 4.98 Å². The third-order valence-corrected chi connectivity index (χ3v) is 9.37. The number of rotatable bonds is 6. The molecule has 2 heterocycles. The highest BCUT2D eigenvalue weighted by molar-refractivity contribution is 5.84. The Morgan fingerprint density at radius 2 is 1.37 bits per heavy atom. The van der Waals surface area contributed by atoms with Gasteiger partial charge in [0.2, 0.25) is 0 Å². The molecule has 0 saturated heterocycles. The predicted molar refractivity (Wildman–Crippen MR) is 209 cm³/mol. The summed E-state index contributed by atoms with van der Waals surface area (Å²) in [4.78, 5) is 10.4. The van der Waals surface area contributed by atoms with Gasteiger partial charge in [-0.2, -0.15) is 0 Å². The summed E-state index contributed by atoms with van der Waals surface area (Å²) < 4.78 is 6.19. The van der Waals surface area contributed by atoms with E-state index < -0.39 is 0 Å². The second-order valence-corrected chi connectivity index (χ2v) is 12.9. The summed E-state index contributed by atoms with van der Waals surface area (Å²) in [5.74, 6) is 0.939. The minimum atomic E-state index is -0.0316. The van der Waals surface area contributed by atoms with E-state index in [0.717, 1.165) is 73.8 Å². The molecular formula is C48H36N2O. The third kappa shape index (κ3) is 6.86. The smallest absolute Gasteiger partial charge is 0.123 e. The Kier molecular flexibility index (Phi) is 8.81. The number of nitrogens with zero attached hydrogens (tertiary/aromatic N) is 2. The molecule has 1 aromatic heterocycles. The normalized spacial score (nSPS) is 15.5. The Morgan fingerprint density at radius 3 is 2.16 bits per heavy atom. The molecule has 1 aliphatic heterocycles. The van der Waals surface area contributed by atoms with Crippen LogP contribution in [0.2, 0.25) is 0 Å². The number of fused-ring (bicyclic) bond motifs is 1. The molecule has 7 aromatic rings. The molecule has 0 fully saturated rings. The van der Waals surface area contributed by atoms with Crippen LogP contribution in [0.1, 0.15) is 23.6 Å². The summed E-state index contributed by atoms with van der Waals surface area (Å²) in [6.07, 6.45) is 9.22. The molecule has 0 radical (unpaired) electrons. The van der Waals surface area contributed by atoms with E-state index in [0.29, 0.717) is 0 Å². The van der Waals surface area contributed by atoms with Crippen molar-refractivity contribution in [3.8, 4) is 61.8 Å². The van der Waals surface area contributed by atoms with E-state index in [1.54, 1.807) is 0 Å². The summed E-state index contributed by atoms with van der Waals surface area (Å²) >= 11 is 0. The van der Waals surface area contributed by atoms with E-state index >= 15 is 0 Å². The minimum absolute atomic E-state index is 0.0316. The van der Waals surface area contributed by atoms with Gasteiger partial charge in [-0.1, -0.05) is 146 Å². The maximum atomic E-state index is 6.19. The van der Waals surface area contributed by atoms with E-state index in [9.17, 15) is 0 Å². The minimum Gasteiger partial charge on any atom is -0.486 e. The second-order valence-electron chi connectivity index (χ2n) is 12.9. The standard InChI is InChI=1S/C48H36N2O/c1-33-31-43(36-13-7-4-8-14-36)29-30-44(33)48-47(42-27-22-38(23-28-42)35-11-5-3-6-12-35)50-45(32-49-48)40-24-19-39(20-25-40)37-18-17-34(2)51-46-16-10-9-15-41(46)26-21-37/h3-7,9-13,15-25,27-32,34H,26H2,1-2H3/b18-17-,37-21+/t34-/m0/s1. The highest BCUT2D eigenvalue weighted by Crippen LogP contribution is 2.36. The number of aryl methyl sites for hydroxylation is 1. The first-order valence-electron chi connectivity index (χ1n) is 17.4. The van der Waals surface area contributed by atoms with Gasteiger partial charge in [-0.15, -0.1) is 0 Å². The van der Waals surface area contributed by atoms with Crippen molar-refractivity contribution in [2.45, 2.75) is 26.4 Å². The third-order valence-electron chi connectivity index (χ3n) is 9.37. The zero-order valence-corrected chi connectivity index (χ0v) is 28.7. The van der Waals surface area contributed by atoms with Crippen LogP contribution in [0.3, 0.4) is 0 Å². The fourth-order valence-electron chi connectivity index (χ4n) is 6.60. The average molecular weight is 657 g/mol. The molecule has 0 aliphatic carbocycles. The molecule has 1 aliphatic rings. The molecular weight excluding hydrogens is 621 g/mol. The van der Waals surface area contributed by atoms with Crippen molar-refractivity contribution >= 4 is 5.57 Å². The van der Waals surface area contributed by atoms with E-state index in [1.165, 1.54) is 16.7 Å². The van der Waals surface area contributed by atoms with Crippen LogP contribution < -0.4 is 4.74 Å². The zero-order valence-electron chi connectivity index (χ0n) is 28.7. The van der Waals surface area contributed by atoms with Gasteiger partial charge in [0.25, 0.3) is 0 Å². The van der Waals surface area contributed by atoms with Crippen molar-refractivity contribution in [3.63, 3.8) is 0 Å². The van der Waals surface area contributed by atoms with Crippen LogP contribution in [-0.4, -0.2) is 16.1 Å². The zero-order chi connectivity index (χ0) is 34.6. The molecule has 1 atom stereocenters. The molecule has 8 rings (SSSR count). The first-order valence-corrected chi connectivity index (χ1v) is 17.4. The van der Waals surface area contributed by atoms with Crippen LogP contribution in [0.5, 0.6) is 5.75 Å². The van der Waals surface area contributed by atoms with Crippen molar-refractivity contribution in [1.82, 2.24) is 9.97 Å². The lowest BCUT2D eigenvalue weighted by atomic mass is 9.95. The SMILES string of the molecule is Cc1cc(-c2c#cccc2)ccc1-c1ncc(-c2ccc(C3=C/Cc4ccccc4O[C@@H](C)/C=C\3)cc2)nc1-c1ccc(-c2ccccc2)cc1. The summed E-state index contributed by atoms with van der Waals surface area (Å²) in [6.45, 7) is 4.21. The quantitative estimate of drug-likeness (QED) is 0.179. The lowest BCUT2D eigenvalue weighted by Gasteiger charge is -2.14. The lowest BCUT2D eigenvalue weighted by molar-refractivity contribution is 0.268. The predicted octanol–water partition coefficient (Wildman–Crippen LogP) is 11.7. The Balaban J connectivity index is 1.16.